The van der Waals surface area contributed by atoms with Crippen LogP contribution in [-0.4, -0.2) is 57.8 Å². The van der Waals surface area contributed by atoms with Crippen molar-refractivity contribution < 1.29 is 9.59 Å². The zero-order chi connectivity index (χ0) is 18.1. The first-order valence-electron chi connectivity index (χ1n) is 8.70. The summed E-state index contributed by atoms with van der Waals surface area (Å²) in [6, 6.07) is 5.46. The second-order valence-electron chi connectivity index (χ2n) is 6.87. The molecule has 25 heavy (non-hydrogen) atoms. The molecule has 132 valence electrons. The predicted molar refractivity (Wildman–Crippen MR) is 96.3 cm³/mol. The van der Waals surface area contributed by atoms with E-state index in [9.17, 15) is 9.59 Å². The molecule has 3 rings (SSSR count). The highest BCUT2D eigenvalue weighted by atomic mass is 16.2. The lowest BCUT2D eigenvalue weighted by molar-refractivity contribution is -0.135. The van der Waals surface area contributed by atoms with Gasteiger partial charge >= 0.3 is 0 Å². The molecule has 6 heteroatoms. The molecule has 0 saturated carbocycles. The van der Waals surface area contributed by atoms with Crippen molar-refractivity contribution in [3.63, 3.8) is 0 Å². The topological polar surface area (TPSA) is 66.4 Å². The van der Waals surface area contributed by atoms with Gasteiger partial charge in [-0.05, 0) is 32.0 Å². The molecule has 0 bridgehead atoms. The van der Waals surface area contributed by atoms with Gasteiger partial charge in [-0.3, -0.25) is 9.59 Å². The zero-order valence-electron chi connectivity index (χ0n) is 15.2. The van der Waals surface area contributed by atoms with Gasteiger partial charge in [0.25, 0.3) is 5.91 Å². The van der Waals surface area contributed by atoms with Crippen LogP contribution in [0, 0.1) is 19.8 Å². The van der Waals surface area contributed by atoms with Crippen LogP contribution in [0.15, 0.2) is 18.2 Å². The zero-order valence-corrected chi connectivity index (χ0v) is 15.2. The highest BCUT2D eigenvalue weighted by Crippen LogP contribution is 2.17. The fourth-order valence-corrected chi connectivity index (χ4v) is 3.04. The quantitative estimate of drug-likeness (QED) is 0.840. The van der Waals surface area contributed by atoms with Crippen molar-refractivity contribution in [3.05, 3.63) is 35.2 Å². The maximum Gasteiger partial charge on any atom is 0.254 e. The van der Waals surface area contributed by atoms with Gasteiger partial charge < -0.3 is 9.80 Å². The Kier molecular flexibility index (Phi) is 4.70. The first kappa shape index (κ1) is 17.3. The Morgan fingerprint density at radius 2 is 1.48 bits per heavy atom. The van der Waals surface area contributed by atoms with E-state index in [1.165, 1.54) is 0 Å². The molecule has 1 aromatic heterocycles. The van der Waals surface area contributed by atoms with Gasteiger partial charge in [-0.25, -0.2) is 9.97 Å². The number of carbonyl (C=O) groups is 2. The molecule has 0 N–H and O–H groups in total. The highest BCUT2D eigenvalue weighted by molar-refractivity contribution is 5.97. The average Bonchev–Trinajstić information content (AvgIpc) is 2.61. The van der Waals surface area contributed by atoms with Crippen molar-refractivity contribution in [2.45, 2.75) is 27.7 Å². The minimum absolute atomic E-state index is 0.00647. The Hall–Kier alpha value is -2.50. The number of amides is 2. The maximum absolute atomic E-state index is 12.8. The summed E-state index contributed by atoms with van der Waals surface area (Å²) in [6.07, 6.45) is 0. The van der Waals surface area contributed by atoms with Gasteiger partial charge in [0.15, 0.2) is 0 Å². The van der Waals surface area contributed by atoms with Gasteiger partial charge in [-0.1, -0.05) is 13.8 Å². The molecule has 1 fully saturated rings. The average molecular weight is 340 g/mol. The summed E-state index contributed by atoms with van der Waals surface area (Å²) in [5, 5.41) is 0. The van der Waals surface area contributed by atoms with Crippen LogP contribution in [0.5, 0.6) is 0 Å². The summed E-state index contributed by atoms with van der Waals surface area (Å²) in [5.74, 6) is 0.130. The fraction of sp³-hybridized carbons (Fsp3) is 0.474. The summed E-state index contributed by atoms with van der Waals surface area (Å²) in [6.45, 7) is 9.96. The maximum atomic E-state index is 12.8. The van der Waals surface area contributed by atoms with Gasteiger partial charge in [0.2, 0.25) is 5.91 Å². The van der Waals surface area contributed by atoms with Crippen molar-refractivity contribution in [1.82, 2.24) is 19.8 Å². The van der Waals surface area contributed by atoms with Gasteiger partial charge in [0.05, 0.1) is 22.4 Å². The number of piperazine rings is 1. The molecule has 2 aromatic rings. The van der Waals surface area contributed by atoms with E-state index in [0.717, 1.165) is 22.4 Å². The van der Waals surface area contributed by atoms with E-state index in [-0.39, 0.29) is 17.7 Å². The summed E-state index contributed by atoms with van der Waals surface area (Å²) in [4.78, 5) is 37.5. The van der Waals surface area contributed by atoms with Crippen LogP contribution in [0.4, 0.5) is 0 Å². The lowest BCUT2D eigenvalue weighted by Crippen LogP contribution is -2.51. The molecular weight excluding hydrogens is 316 g/mol. The smallest absolute Gasteiger partial charge is 0.254 e. The number of aryl methyl sites for hydroxylation is 2. The standard InChI is InChI=1S/C19H24N4O2/c1-12(2)18(24)22-7-9-23(10-8-22)19(25)15-5-6-16-17(11-15)21-14(4)13(3)20-16/h5-6,11-12H,7-10H2,1-4H3. The number of nitrogens with zero attached hydrogens (tertiary/aromatic N) is 4. The van der Waals surface area contributed by atoms with E-state index in [1.807, 2.05) is 44.7 Å². The van der Waals surface area contributed by atoms with Crippen LogP contribution in [0.2, 0.25) is 0 Å². The Labute approximate surface area is 147 Å². The Bertz CT molecular complexity index is 824. The monoisotopic (exact) mass is 340 g/mol. The molecule has 0 spiro atoms. The first-order chi connectivity index (χ1) is 11.9. The van der Waals surface area contributed by atoms with E-state index in [0.29, 0.717) is 31.7 Å². The van der Waals surface area contributed by atoms with Gasteiger partial charge in [0.1, 0.15) is 0 Å². The second-order valence-corrected chi connectivity index (χ2v) is 6.87. The van der Waals surface area contributed by atoms with Crippen molar-refractivity contribution in [1.29, 1.82) is 0 Å². The number of aromatic nitrogens is 2. The predicted octanol–water partition coefficient (Wildman–Crippen LogP) is 2.19. The summed E-state index contributed by atoms with van der Waals surface area (Å²) >= 11 is 0. The third kappa shape index (κ3) is 3.48. The molecule has 1 aliphatic heterocycles. The molecule has 0 unspecified atom stereocenters. The van der Waals surface area contributed by atoms with Crippen LogP contribution < -0.4 is 0 Å². The number of hydrogen-bond acceptors (Lipinski definition) is 4. The van der Waals surface area contributed by atoms with Gasteiger partial charge in [-0.2, -0.15) is 0 Å². The molecule has 1 aromatic carbocycles. The van der Waals surface area contributed by atoms with E-state index in [2.05, 4.69) is 9.97 Å². The fourth-order valence-electron chi connectivity index (χ4n) is 3.04. The SMILES string of the molecule is Cc1nc2ccc(C(=O)N3CCN(C(=O)C(C)C)CC3)cc2nc1C. The third-order valence-electron chi connectivity index (χ3n) is 4.69. The molecule has 0 atom stereocenters. The second kappa shape index (κ2) is 6.78. The number of benzene rings is 1. The summed E-state index contributed by atoms with van der Waals surface area (Å²) in [7, 11) is 0. The van der Waals surface area contributed by atoms with Crippen LogP contribution in [0.25, 0.3) is 11.0 Å². The molecule has 1 aliphatic rings. The number of carbonyl (C=O) groups excluding carboxylic acids is 2. The third-order valence-corrected chi connectivity index (χ3v) is 4.69. The Morgan fingerprint density at radius 1 is 0.920 bits per heavy atom. The Morgan fingerprint density at radius 3 is 2.08 bits per heavy atom. The van der Waals surface area contributed by atoms with Crippen molar-refractivity contribution in [2.24, 2.45) is 5.92 Å². The molecule has 0 radical (unpaired) electrons. The normalized spacial score (nSPS) is 15.1. The minimum atomic E-state index is -0.0152. The molecule has 6 nitrogen and oxygen atoms in total. The molecule has 0 aliphatic carbocycles. The van der Waals surface area contributed by atoms with E-state index in [1.54, 1.807) is 11.0 Å². The molecule has 2 heterocycles. The van der Waals surface area contributed by atoms with Crippen molar-refractivity contribution in [2.75, 3.05) is 26.2 Å². The first-order valence-corrected chi connectivity index (χ1v) is 8.70. The largest absolute Gasteiger partial charge is 0.339 e. The number of rotatable bonds is 2. The summed E-state index contributed by atoms with van der Waals surface area (Å²) < 4.78 is 0. The van der Waals surface area contributed by atoms with Crippen LogP contribution in [-0.2, 0) is 4.79 Å². The Balaban J connectivity index is 1.75. The minimum Gasteiger partial charge on any atom is -0.339 e. The highest BCUT2D eigenvalue weighted by Gasteiger charge is 2.26. The van der Waals surface area contributed by atoms with E-state index >= 15 is 0 Å². The molecule has 1 saturated heterocycles. The van der Waals surface area contributed by atoms with Crippen LogP contribution in [0.3, 0.4) is 0 Å². The van der Waals surface area contributed by atoms with Crippen molar-refractivity contribution in [3.8, 4) is 0 Å². The van der Waals surface area contributed by atoms with Crippen LogP contribution >= 0.6 is 0 Å². The van der Waals surface area contributed by atoms with E-state index < -0.39 is 0 Å². The summed E-state index contributed by atoms with van der Waals surface area (Å²) in [5.41, 5.74) is 3.93. The number of hydrogen-bond donors (Lipinski definition) is 0. The van der Waals surface area contributed by atoms with Crippen molar-refractivity contribution >= 4 is 22.8 Å². The number of fused-ring (bicyclic) bond motifs is 1. The van der Waals surface area contributed by atoms with E-state index in [4.69, 9.17) is 0 Å². The van der Waals surface area contributed by atoms with Gasteiger partial charge in [-0.15, -0.1) is 0 Å². The van der Waals surface area contributed by atoms with Crippen LogP contribution in [0.1, 0.15) is 35.6 Å². The molecular formula is C19H24N4O2. The lowest BCUT2D eigenvalue weighted by Gasteiger charge is -2.35. The van der Waals surface area contributed by atoms with Gasteiger partial charge in [0, 0.05) is 37.7 Å². The lowest BCUT2D eigenvalue weighted by atomic mass is 10.1. The molecule has 2 amide bonds.